The van der Waals surface area contributed by atoms with E-state index in [1.54, 1.807) is 11.8 Å². The monoisotopic (exact) mass is 404 g/mol. The Hall–Kier alpha value is -0.290. The highest BCUT2D eigenvalue weighted by Gasteiger charge is 2.16. The summed E-state index contributed by atoms with van der Waals surface area (Å²) in [5, 5.41) is 1.34. The van der Waals surface area contributed by atoms with E-state index >= 15 is 0 Å². The SMILES string of the molecule is CCC(C)SCc1nc(Cl)c(-c2ccccc2Br)c(Cl)n1. The first kappa shape index (κ1) is 17.1. The van der Waals surface area contributed by atoms with Crippen molar-refractivity contribution in [2.24, 2.45) is 0 Å². The van der Waals surface area contributed by atoms with Gasteiger partial charge in [0.1, 0.15) is 16.1 Å². The lowest BCUT2D eigenvalue weighted by Gasteiger charge is -2.11. The number of hydrogen-bond acceptors (Lipinski definition) is 3. The zero-order chi connectivity index (χ0) is 15.4. The van der Waals surface area contributed by atoms with E-state index in [4.69, 9.17) is 23.2 Å². The Labute approximate surface area is 147 Å². The van der Waals surface area contributed by atoms with Crippen LogP contribution in [-0.4, -0.2) is 15.2 Å². The number of nitrogens with zero attached hydrogens (tertiary/aromatic N) is 2. The van der Waals surface area contributed by atoms with Crippen LogP contribution in [0.15, 0.2) is 28.7 Å². The average molecular weight is 406 g/mol. The van der Waals surface area contributed by atoms with Crippen molar-refractivity contribution in [3.05, 3.63) is 44.9 Å². The second-order valence-corrected chi connectivity index (χ2v) is 7.60. The van der Waals surface area contributed by atoms with Crippen molar-refractivity contribution in [2.75, 3.05) is 0 Å². The summed E-state index contributed by atoms with van der Waals surface area (Å²) in [5.41, 5.74) is 1.57. The Bertz CT molecular complexity index is 614. The van der Waals surface area contributed by atoms with Gasteiger partial charge >= 0.3 is 0 Å². The van der Waals surface area contributed by atoms with Gasteiger partial charge in [0.2, 0.25) is 0 Å². The predicted molar refractivity (Wildman–Crippen MR) is 96.2 cm³/mol. The van der Waals surface area contributed by atoms with Crippen LogP contribution in [-0.2, 0) is 5.75 Å². The second-order valence-electron chi connectivity index (χ2n) is 4.61. The second kappa shape index (κ2) is 7.82. The van der Waals surface area contributed by atoms with E-state index in [1.165, 1.54) is 0 Å². The van der Waals surface area contributed by atoms with Crippen molar-refractivity contribution in [3.63, 3.8) is 0 Å². The molecule has 1 aromatic carbocycles. The summed E-state index contributed by atoms with van der Waals surface area (Å²) in [5.74, 6) is 1.39. The largest absolute Gasteiger partial charge is 0.220 e. The van der Waals surface area contributed by atoms with Crippen molar-refractivity contribution in [1.29, 1.82) is 0 Å². The van der Waals surface area contributed by atoms with E-state index in [9.17, 15) is 0 Å². The normalized spacial score (nSPS) is 12.4. The molecule has 112 valence electrons. The van der Waals surface area contributed by atoms with Gasteiger partial charge in [-0.05, 0) is 12.5 Å². The highest BCUT2D eigenvalue weighted by molar-refractivity contribution is 9.10. The van der Waals surface area contributed by atoms with Crippen LogP contribution < -0.4 is 0 Å². The highest BCUT2D eigenvalue weighted by Crippen LogP contribution is 2.37. The first-order valence-corrected chi connectivity index (χ1v) is 9.21. The van der Waals surface area contributed by atoms with E-state index in [1.807, 2.05) is 24.3 Å². The molecule has 2 nitrogen and oxygen atoms in total. The molecule has 1 aromatic heterocycles. The molecule has 6 heteroatoms. The lowest BCUT2D eigenvalue weighted by atomic mass is 10.1. The van der Waals surface area contributed by atoms with Crippen LogP contribution in [0.4, 0.5) is 0 Å². The molecule has 0 fully saturated rings. The Morgan fingerprint density at radius 1 is 1.19 bits per heavy atom. The topological polar surface area (TPSA) is 25.8 Å². The summed E-state index contributed by atoms with van der Waals surface area (Å²) in [6.45, 7) is 4.35. The minimum absolute atomic E-state index is 0.390. The molecule has 0 amide bonds. The fraction of sp³-hybridized carbons (Fsp3) is 0.333. The zero-order valence-corrected chi connectivity index (χ0v) is 15.7. The summed E-state index contributed by atoms with van der Waals surface area (Å²) in [4.78, 5) is 8.77. The molecule has 2 rings (SSSR count). The van der Waals surface area contributed by atoms with Crippen molar-refractivity contribution < 1.29 is 0 Å². The molecule has 1 atom stereocenters. The molecule has 0 bridgehead atoms. The molecular formula is C15H15BrCl2N2S. The van der Waals surface area contributed by atoms with E-state index in [0.717, 1.165) is 16.5 Å². The standard InChI is InChI=1S/C15H15BrCl2N2S/c1-3-9(2)21-8-12-19-14(17)13(15(18)20-12)10-6-4-5-7-11(10)16/h4-7,9H,3,8H2,1-2H3. The third kappa shape index (κ3) is 4.35. The van der Waals surface area contributed by atoms with Crippen molar-refractivity contribution in [3.8, 4) is 11.1 Å². The van der Waals surface area contributed by atoms with Crippen LogP contribution in [0.3, 0.4) is 0 Å². The molecule has 0 aliphatic rings. The Morgan fingerprint density at radius 3 is 2.38 bits per heavy atom. The number of aromatic nitrogens is 2. The maximum absolute atomic E-state index is 6.32. The maximum atomic E-state index is 6.32. The van der Waals surface area contributed by atoms with Gasteiger partial charge < -0.3 is 0 Å². The molecule has 1 heterocycles. The molecule has 21 heavy (non-hydrogen) atoms. The van der Waals surface area contributed by atoms with E-state index in [2.05, 4.69) is 39.7 Å². The smallest absolute Gasteiger partial charge is 0.142 e. The summed E-state index contributed by atoms with van der Waals surface area (Å²) in [6, 6.07) is 7.75. The molecular weight excluding hydrogens is 391 g/mol. The van der Waals surface area contributed by atoms with Crippen molar-refractivity contribution in [2.45, 2.75) is 31.3 Å². The fourth-order valence-electron chi connectivity index (χ4n) is 1.73. The summed E-state index contributed by atoms with van der Waals surface area (Å²) in [7, 11) is 0. The first-order chi connectivity index (χ1) is 10.0. The number of halogens is 3. The zero-order valence-electron chi connectivity index (χ0n) is 11.7. The molecule has 0 aliphatic heterocycles. The lowest BCUT2D eigenvalue weighted by Crippen LogP contribution is -2.00. The quantitative estimate of drug-likeness (QED) is 0.550. The van der Waals surface area contributed by atoms with E-state index in [-0.39, 0.29) is 0 Å². The molecule has 0 N–H and O–H groups in total. The number of rotatable bonds is 5. The number of thioether (sulfide) groups is 1. The minimum Gasteiger partial charge on any atom is -0.220 e. The Balaban J connectivity index is 2.32. The fourth-order valence-corrected chi connectivity index (χ4v) is 3.64. The number of benzene rings is 1. The van der Waals surface area contributed by atoms with Gasteiger partial charge in [0.05, 0.1) is 11.3 Å². The molecule has 0 radical (unpaired) electrons. The third-order valence-corrected chi connectivity index (χ3v) is 5.65. The van der Waals surface area contributed by atoms with Gasteiger partial charge in [-0.25, -0.2) is 9.97 Å². The van der Waals surface area contributed by atoms with E-state index in [0.29, 0.717) is 32.7 Å². The van der Waals surface area contributed by atoms with Gasteiger partial charge in [-0.2, -0.15) is 11.8 Å². The van der Waals surface area contributed by atoms with Gasteiger partial charge in [0.15, 0.2) is 0 Å². The van der Waals surface area contributed by atoms with Crippen LogP contribution in [0.1, 0.15) is 26.1 Å². The van der Waals surface area contributed by atoms with Crippen LogP contribution in [0.2, 0.25) is 10.3 Å². The van der Waals surface area contributed by atoms with Crippen LogP contribution in [0.25, 0.3) is 11.1 Å². The van der Waals surface area contributed by atoms with Crippen molar-refractivity contribution in [1.82, 2.24) is 9.97 Å². The molecule has 1 unspecified atom stereocenters. The predicted octanol–water partition coefficient (Wildman–Crippen LogP) is 6.24. The Morgan fingerprint density at radius 2 is 1.81 bits per heavy atom. The highest BCUT2D eigenvalue weighted by atomic mass is 79.9. The lowest BCUT2D eigenvalue weighted by molar-refractivity contribution is 0.901. The maximum Gasteiger partial charge on any atom is 0.142 e. The van der Waals surface area contributed by atoms with Crippen LogP contribution in [0, 0.1) is 0 Å². The summed E-state index contributed by atoms with van der Waals surface area (Å²) >= 11 is 18.0. The van der Waals surface area contributed by atoms with E-state index < -0.39 is 0 Å². The molecule has 2 aromatic rings. The summed E-state index contributed by atoms with van der Waals surface area (Å²) in [6.07, 6.45) is 1.11. The molecule has 0 aliphatic carbocycles. The van der Waals surface area contributed by atoms with Gasteiger partial charge in [-0.3, -0.25) is 0 Å². The van der Waals surface area contributed by atoms with Crippen LogP contribution in [0.5, 0.6) is 0 Å². The average Bonchev–Trinajstić information content (AvgIpc) is 2.46. The Kier molecular flexibility index (Phi) is 6.35. The molecule has 0 saturated carbocycles. The first-order valence-electron chi connectivity index (χ1n) is 6.61. The van der Waals surface area contributed by atoms with Gasteiger partial charge in [0, 0.05) is 15.3 Å². The van der Waals surface area contributed by atoms with Gasteiger partial charge in [-0.1, -0.05) is 71.2 Å². The summed E-state index contributed by atoms with van der Waals surface area (Å²) < 4.78 is 0.916. The van der Waals surface area contributed by atoms with Gasteiger partial charge in [-0.15, -0.1) is 0 Å². The molecule has 0 saturated heterocycles. The minimum atomic E-state index is 0.390. The van der Waals surface area contributed by atoms with Crippen LogP contribution >= 0.6 is 50.9 Å². The van der Waals surface area contributed by atoms with Gasteiger partial charge in [0.25, 0.3) is 0 Å². The number of hydrogen-bond donors (Lipinski definition) is 0. The molecule has 0 spiro atoms. The third-order valence-electron chi connectivity index (χ3n) is 3.08. The van der Waals surface area contributed by atoms with Crippen molar-refractivity contribution >= 4 is 50.9 Å².